The first-order chi connectivity index (χ1) is 9.11. The maximum Gasteiger partial charge on any atom is 0.167 e. The Labute approximate surface area is 108 Å². The molecule has 3 N–H and O–H groups in total. The molecule has 8 nitrogen and oxygen atoms in total. The third-order valence-electron chi connectivity index (χ3n) is 3.39. The van der Waals surface area contributed by atoms with Crippen molar-refractivity contribution in [2.45, 2.75) is 24.9 Å². The van der Waals surface area contributed by atoms with E-state index in [1.165, 1.54) is 6.33 Å². The number of aliphatic hydroxyl groups excluding tert-OH is 2. The number of nitrogens with zero attached hydrogens (tertiary/aromatic N) is 4. The van der Waals surface area contributed by atoms with Crippen molar-refractivity contribution in [2.75, 3.05) is 6.61 Å². The van der Waals surface area contributed by atoms with Gasteiger partial charge in [0.15, 0.2) is 11.1 Å². The van der Waals surface area contributed by atoms with Crippen LogP contribution in [0, 0.1) is 5.41 Å². The van der Waals surface area contributed by atoms with Crippen molar-refractivity contribution < 1.29 is 14.9 Å². The summed E-state index contributed by atoms with van der Waals surface area (Å²) in [5.74, 6) is 0. The summed E-state index contributed by atoms with van der Waals surface area (Å²) in [4.78, 5) is 8.41. The Hall–Kier alpha value is -1.77. The van der Waals surface area contributed by atoms with Crippen molar-refractivity contribution in [2.24, 2.45) is 7.05 Å². The number of hydrogen-bond donors (Lipinski definition) is 3. The first-order valence-corrected chi connectivity index (χ1v) is 5.99. The van der Waals surface area contributed by atoms with Crippen LogP contribution in [0.2, 0.25) is 0 Å². The quantitative estimate of drug-likeness (QED) is 0.638. The molecule has 19 heavy (non-hydrogen) atoms. The second kappa shape index (κ2) is 4.41. The summed E-state index contributed by atoms with van der Waals surface area (Å²) in [7, 11) is 1.73. The van der Waals surface area contributed by atoms with Crippen molar-refractivity contribution in [1.82, 2.24) is 19.1 Å². The molecule has 0 saturated carbocycles. The van der Waals surface area contributed by atoms with Gasteiger partial charge in [-0.15, -0.1) is 0 Å². The molecule has 2 aromatic rings. The summed E-state index contributed by atoms with van der Waals surface area (Å²) in [6.07, 6.45) is 1.74. The Balaban J connectivity index is 2.03. The van der Waals surface area contributed by atoms with E-state index in [-0.39, 0.29) is 12.1 Å². The van der Waals surface area contributed by atoms with Crippen LogP contribution in [0.1, 0.15) is 12.6 Å². The minimum absolute atomic E-state index is 0.226. The number of fused-ring (bicyclic) bond motifs is 1. The van der Waals surface area contributed by atoms with E-state index in [4.69, 9.17) is 15.3 Å². The minimum atomic E-state index is -0.706. The molecule has 0 spiro atoms. The van der Waals surface area contributed by atoms with Crippen molar-refractivity contribution in [3.8, 4) is 0 Å². The number of aryl methyl sites for hydroxylation is 1. The van der Waals surface area contributed by atoms with E-state index in [1.807, 2.05) is 0 Å². The number of aromatic nitrogens is 4. The van der Waals surface area contributed by atoms with E-state index < -0.39 is 18.4 Å². The summed E-state index contributed by atoms with van der Waals surface area (Å²) in [5, 5.41) is 26.7. The Morgan fingerprint density at radius 2 is 2.26 bits per heavy atom. The highest BCUT2D eigenvalue weighted by Gasteiger charge is 2.35. The number of ether oxygens (including phenoxy) is 1. The van der Waals surface area contributed by atoms with E-state index in [0.717, 1.165) is 0 Å². The number of nitrogens with one attached hydrogen (secondary N) is 1. The molecular formula is C11H15N5O3. The zero-order chi connectivity index (χ0) is 13.6. The van der Waals surface area contributed by atoms with E-state index in [2.05, 4.69) is 9.97 Å². The lowest BCUT2D eigenvalue weighted by Crippen LogP contribution is -2.24. The van der Waals surface area contributed by atoms with E-state index in [1.54, 1.807) is 22.5 Å². The largest absolute Gasteiger partial charge is 0.394 e. The van der Waals surface area contributed by atoms with Gasteiger partial charge in [-0.25, -0.2) is 9.97 Å². The average Bonchev–Trinajstić information content (AvgIpc) is 2.97. The fraction of sp³-hybridized carbons (Fsp3) is 0.545. The molecule has 0 radical (unpaired) electrons. The van der Waals surface area contributed by atoms with Gasteiger partial charge in [0, 0.05) is 13.5 Å². The smallest absolute Gasteiger partial charge is 0.167 e. The first-order valence-electron chi connectivity index (χ1n) is 5.99. The average molecular weight is 265 g/mol. The fourth-order valence-electron chi connectivity index (χ4n) is 2.28. The second-order valence-electron chi connectivity index (χ2n) is 4.64. The highest BCUT2D eigenvalue weighted by atomic mass is 16.5. The van der Waals surface area contributed by atoms with Crippen LogP contribution in [0.3, 0.4) is 0 Å². The molecule has 102 valence electrons. The first kappa shape index (κ1) is 12.3. The molecule has 1 saturated heterocycles. The molecule has 3 atom stereocenters. The van der Waals surface area contributed by atoms with Gasteiger partial charge in [0.05, 0.1) is 25.4 Å². The number of hydrogen-bond acceptors (Lipinski definition) is 6. The third kappa shape index (κ3) is 1.84. The minimum Gasteiger partial charge on any atom is -0.394 e. The van der Waals surface area contributed by atoms with Crippen molar-refractivity contribution in [3.63, 3.8) is 0 Å². The SMILES string of the molecule is Cn1cnc2c(ncn2[C@H]2C[C@H](O)[C@@H](CO)O2)c1=N. The van der Waals surface area contributed by atoms with Crippen LogP contribution in [0.4, 0.5) is 0 Å². The summed E-state index contributed by atoms with van der Waals surface area (Å²) in [6, 6.07) is 0. The Morgan fingerprint density at radius 3 is 2.95 bits per heavy atom. The lowest BCUT2D eigenvalue weighted by molar-refractivity contribution is -0.0432. The van der Waals surface area contributed by atoms with Gasteiger partial charge in [0.2, 0.25) is 0 Å². The number of aliphatic hydroxyl groups is 2. The molecule has 8 heteroatoms. The zero-order valence-electron chi connectivity index (χ0n) is 10.4. The number of imidazole rings is 1. The maximum absolute atomic E-state index is 9.75. The fourth-order valence-corrected chi connectivity index (χ4v) is 2.28. The molecule has 0 bridgehead atoms. The van der Waals surface area contributed by atoms with Gasteiger partial charge in [-0.1, -0.05) is 0 Å². The third-order valence-corrected chi connectivity index (χ3v) is 3.39. The maximum atomic E-state index is 9.75. The summed E-state index contributed by atoms with van der Waals surface area (Å²) in [5.41, 5.74) is 1.29. The lowest BCUT2D eigenvalue weighted by atomic mass is 10.2. The predicted molar refractivity (Wildman–Crippen MR) is 64.0 cm³/mol. The van der Waals surface area contributed by atoms with Crippen molar-refractivity contribution >= 4 is 11.2 Å². The topological polar surface area (TPSA) is 109 Å². The molecular weight excluding hydrogens is 250 g/mol. The molecule has 2 aromatic heterocycles. The van der Waals surface area contributed by atoms with Crippen LogP contribution in [0.15, 0.2) is 12.7 Å². The molecule has 0 aromatic carbocycles. The zero-order valence-corrected chi connectivity index (χ0v) is 10.4. The van der Waals surface area contributed by atoms with Crippen molar-refractivity contribution in [1.29, 1.82) is 5.41 Å². The molecule has 0 amide bonds. The molecule has 0 unspecified atom stereocenters. The van der Waals surface area contributed by atoms with Crippen LogP contribution in [-0.4, -0.2) is 48.1 Å². The Kier molecular flexibility index (Phi) is 2.85. The second-order valence-corrected chi connectivity index (χ2v) is 4.64. The standard InChI is InChI=1S/C11H15N5O3/c1-15-4-14-11-9(10(15)12)13-5-16(11)8-2-6(18)7(3-17)19-8/h4-8,12,17-18H,2-3H2,1H3/t6-,7+,8+/m0/s1. The molecule has 1 aliphatic rings. The van der Waals surface area contributed by atoms with E-state index in [9.17, 15) is 5.11 Å². The Morgan fingerprint density at radius 1 is 1.47 bits per heavy atom. The van der Waals surface area contributed by atoms with Gasteiger partial charge >= 0.3 is 0 Å². The number of rotatable bonds is 2. The van der Waals surface area contributed by atoms with E-state index >= 15 is 0 Å². The van der Waals surface area contributed by atoms with Gasteiger partial charge in [0.25, 0.3) is 0 Å². The van der Waals surface area contributed by atoms with Gasteiger partial charge in [-0.2, -0.15) is 0 Å². The van der Waals surface area contributed by atoms with Crippen LogP contribution < -0.4 is 5.49 Å². The molecule has 0 aliphatic carbocycles. The van der Waals surface area contributed by atoms with Crippen LogP contribution in [0.25, 0.3) is 11.2 Å². The highest BCUT2D eigenvalue weighted by molar-refractivity contribution is 5.68. The van der Waals surface area contributed by atoms with Gasteiger partial charge in [-0.05, 0) is 0 Å². The van der Waals surface area contributed by atoms with Crippen molar-refractivity contribution in [3.05, 3.63) is 18.1 Å². The molecule has 3 heterocycles. The van der Waals surface area contributed by atoms with Gasteiger partial charge in [-0.3, -0.25) is 9.98 Å². The Bertz CT molecular complexity index is 664. The highest BCUT2D eigenvalue weighted by Crippen LogP contribution is 2.29. The van der Waals surface area contributed by atoms with Gasteiger partial charge < -0.3 is 19.5 Å². The predicted octanol–water partition coefficient (Wildman–Crippen LogP) is -1.11. The summed E-state index contributed by atoms with van der Waals surface area (Å²) < 4.78 is 8.82. The van der Waals surface area contributed by atoms with Crippen LogP contribution >= 0.6 is 0 Å². The molecule has 1 aliphatic heterocycles. The van der Waals surface area contributed by atoms with Crippen LogP contribution in [0.5, 0.6) is 0 Å². The lowest BCUT2D eigenvalue weighted by Gasteiger charge is -2.13. The summed E-state index contributed by atoms with van der Waals surface area (Å²) in [6.45, 7) is -0.226. The molecule has 3 rings (SSSR count). The monoisotopic (exact) mass is 265 g/mol. The molecule has 1 fully saturated rings. The normalized spacial score (nSPS) is 27.2. The van der Waals surface area contributed by atoms with E-state index in [0.29, 0.717) is 17.6 Å². The summed E-state index contributed by atoms with van der Waals surface area (Å²) >= 11 is 0. The van der Waals surface area contributed by atoms with Gasteiger partial charge in [0.1, 0.15) is 17.8 Å². The van der Waals surface area contributed by atoms with Crippen LogP contribution in [-0.2, 0) is 11.8 Å².